The van der Waals surface area contributed by atoms with Gasteiger partial charge in [0.25, 0.3) is 0 Å². The van der Waals surface area contributed by atoms with E-state index in [4.69, 9.17) is 9.47 Å². The predicted molar refractivity (Wildman–Crippen MR) is 76.6 cm³/mol. The molecule has 2 bridgehead atoms. The lowest BCUT2D eigenvalue weighted by Crippen LogP contribution is -2.88. The van der Waals surface area contributed by atoms with Gasteiger partial charge in [0.1, 0.15) is 12.7 Å². The Morgan fingerprint density at radius 2 is 2.00 bits per heavy atom. The molecule has 0 aromatic heterocycles. The van der Waals surface area contributed by atoms with Gasteiger partial charge in [0, 0.05) is 5.41 Å². The van der Waals surface area contributed by atoms with E-state index in [9.17, 15) is 29.7 Å². The maximum absolute atomic E-state index is 12.5. The van der Waals surface area contributed by atoms with Crippen molar-refractivity contribution in [2.45, 2.75) is 49.6 Å². The van der Waals surface area contributed by atoms with E-state index in [0.29, 0.717) is 6.42 Å². The molecule has 7 atom stereocenters. The average molecular weight is 356 g/mol. The number of aliphatic hydroxyl groups excluding tert-OH is 1. The highest BCUT2D eigenvalue weighted by Gasteiger charge is 2.90. The van der Waals surface area contributed by atoms with E-state index in [1.54, 1.807) is 6.92 Å². The summed E-state index contributed by atoms with van der Waals surface area (Å²) in [5.41, 5.74) is -8.06. The molecule has 9 heteroatoms. The summed E-state index contributed by atoms with van der Waals surface area (Å²) in [5, 5.41) is 33.6. The highest BCUT2D eigenvalue weighted by molar-refractivity contribution is 5.97. The first-order chi connectivity index (χ1) is 11.6. The van der Waals surface area contributed by atoms with Gasteiger partial charge in [-0.15, -0.1) is 0 Å². The fourth-order valence-corrected chi connectivity index (χ4v) is 5.79. The zero-order valence-electron chi connectivity index (χ0n) is 13.9. The fourth-order valence-electron chi connectivity index (χ4n) is 5.79. The maximum atomic E-state index is 12.5. The van der Waals surface area contributed by atoms with Gasteiger partial charge < -0.3 is 29.5 Å². The minimum atomic E-state index is -2.59. The van der Waals surface area contributed by atoms with Gasteiger partial charge in [0.2, 0.25) is 5.60 Å². The molecule has 0 aromatic rings. The second kappa shape index (κ2) is 4.52. The first kappa shape index (κ1) is 16.7. The Morgan fingerprint density at radius 1 is 1.32 bits per heavy atom. The summed E-state index contributed by atoms with van der Waals surface area (Å²) in [7, 11) is 1.03. The number of ether oxygens (including phenoxy) is 3. The van der Waals surface area contributed by atoms with Crippen molar-refractivity contribution in [3.8, 4) is 0 Å². The van der Waals surface area contributed by atoms with Crippen LogP contribution in [0.15, 0.2) is 0 Å². The molecule has 3 N–H and O–H groups in total. The third kappa shape index (κ3) is 1.36. The molecule has 2 saturated carbocycles. The van der Waals surface area contributed by atoms with Gasteiger partial charge in [0.15, 0.2) is 11.5 Å². The summed E-state index contributed by atoms with van der Waals surface area (Å²) in [4.78, 5) is 37.3. The molecule has 2 heterocycles. The van der Waals surface area contributed by atoms with E-state index in [-0.39, 0.29) is 18.8 Å². The Balaban J connectivity index is 2.03. The molecule has 4 aliphatic rings. The van der Waals surface area contributed by atoms with Crippen LogP contribution in [0.1, 0.15) is 26.2 Å². The van der Waals surface area contributed by atoms with Gasteiger partial charge in [-0.25, -0.2) is 9.59 Å². The van der Waals surface area contributed by atoms with Crippen molar-refractivity contribution in [3.05, 3.63) is 0 Å². The second-order valence-corrected chi connectivity index (χ2v) is 7.61. The van der Waals surface area contributed by atoms with Crippen molar-refractivity contribution in [3.63, 3.8) is 0 Å². The molecule has 0 radical (unpaired) electrons. The van der Waals surface area contributed by atoms with Crippen molar-refractivity contribution < 1.29 is 43.9 Å². The van der Waals surface area contributed by atoms with E-state index >= 15 is 0 Å². The van der Waals surface area contributed by atoms with Crippen LogP contribution < -0.4 is 0 Å². The molecule has 25 heavy (non-hydrogen) atoms. The quantitative estimate of drug-likeness (QED) is 0.369. The second-order valence-electron chi connectivity index (χ2n) is 7.61. The van der Waals surface area contributed by atoms with Gasteiger partial charge in [-0.1, -0.05) is 6.92 Å². The van der Waals surface area contributed by atoms with E-state index in [0.717, 1.165) is 7.11 Å². The molecule has 0 amide bonds. The summed E-state index contributed by atoms with van der Waals surface area (Å²) in [6.45, 7) is 1.33. The molecule has 138 valence electrons. The molecule has 2 aliphatic heterocycles. The number of esters is 3. The molecular weight excluding hydrogens is 336 g/mol. The number of hydrogen-bond donors (Lipinski definition) is 3. The zero-order valence-corrected chi connectivity index (χ0v) is 13.9. The van der Waals surface area contributed by atoms with Crippen molar-refractivity contribution in [1.29, 1.82) is 0 Å². The predicted octanol–water partition coefficient (Wildman–Crippen LogP) is -1.73. The van der Waals surface area contributed by atoms with Crippen LogP contribution in [0.4, 0.5) is 0 Å². The van der Waals surface area contributed by atoms with Gasteiger partial charge in [-0.3, -0.25) is 4.79 Å². The van der Waals surface area contributed by atoms with E-state index in [1.807, 2.05) is 0 Å². The Labute approximate surface area is 142 Å². The average Bonchev–Trinajstić information content (AvgIpc) is 2.83. The van der Waals surface area contributed by atoms with Crippen LogP contribution in [0, 0.1) is 16.7 Å². The summed E-state index contributed by atoms with van der Waals surface area (Å²) < 4.78 is 14.7. The molecule has 2 saturated heterocycles. The van der Waals surface area contributed by atoms with Crippen molar-refractivity contribution in [2.24, 2.45) is 16.7 Å². The van der Waals surface area contributed by atoms with Gasteiger partial charge in [-0.05, 0) is 25.2 Å². The molecule has 0 aromatic carbocycles. The first-order valence-corrected chi connectivity index (χ1v) is 8.22. The summed E-state index contributed by atoms with van der Waals surface area (Å²) in [5.74, 6) is -3.51. The largest absolute Gasteiger partial charge is 0.467 e. The molecule has 2 aliphatic carbocycles. The van der Waals surface area contributed by atoms with Gasteiger partial charge in [0.05, 0.1) is 12.7 Å². The normalized spacial score (nSPS) is 53.6. The van der Waals surface area contributed by atoms with Crippen LogP contribution in [0.3, 0.4) is 0 Å². The lowest BCUT2D eigenvalue weighted by Gasteiger charge is -2.68. The zero-order chi connectivity index (χ0) is 18.4. The van der Waals surface area contributed by atoms with Crippen LogP contribution in [0.25, 0.3) is 0 Å². The maximum Gasteiger partial charge on any atom is 0.343 e. The van der Waals surface area contributed by atoms with E-state index in [1.165, 1.54) is 0 Å². The third-order valence-corrected chi connectivity index (χ3v) is 7.17. The first-order valence-electron chi connectivity index (χ1n) is 8.22. The molecule has 4 fully saturated rings. The Morgan fingerprint density at radius 3 is 2.52 bits per heavy atom. The van der Waals surface area contributed by atoms with Gasteiger partial charge in [-0.2, -0.15) is 0 Å². The number of aliphatic hydroxyl groups is 3. The highest BCUT2D eigenvalue weighted by Crippen LogP contribution is 2.72. The number of methoxy groups -OCH3 is 1. The topological polar surface area (TPSA) is 140 Å². The number of carbonyl (C=O) groups excluding carboxylic acids is 3. The van der Waals surface area contributed by atoms with Crippen molar-refractivity contribution in [1.82, 2.24) is 0 Å². The van der Waals surface area contributed by atoms with Crippen LogP contribution in [0.5, 0.6) is 0 Å². The van der Waals surface area contributed by atoms with E-state index < -0.39 is 58.8 Å². The fraction of sp³-hybridized carbons (Fsp3) is 0.812. The highest BCUT2D eigenvalue weighted by atomic mass is 16.6. The van der Waals surface area contributed by atoms with Crippen LogP contribution >= 0.6 is 0 Å². The van der Waals surface area contributed by atoms with Crippen molar-refractivity contribution in [2.75, 3.05) is 13.7 Å². The molecular formula is C16H20O9. The monoisotopic (exact) mass is 356 g/mol. The molecule has 9 nitrogen and oxygen atoms in total. The summed E-state index contributed by atoms with van der Waals surface area (Å²) in [6.07, 6.45) is -2.82. The smallest absolute Gasteiger partial charge is 0.343 e. The van der Waals surface area contributed by atoms with Crippen LogP contribution in [0.2, 0.25) is 0 Å². The van der Waals surface area contributed by atoms with Crippen molar-refractivity contribution >= 4 is 17.9 Å². The van der Waals surface area contributed by atoms with Crippen LogP contribution in [-0.2, 0) is 28.6 Å². The SMILES string of the molecule is COC(=O)[C@]1(O)[C@H]2C[C@]3([C@H](C)CC[C@]3(O)[C@]13COC3=O)[C@@H](O)C(=O)O2. The molecule has 0 unspecified atom stereocenters. The van der Waals surface area contributed by atoms with Crippen LogP contribution in [-0.4, -0.2) is 70.4 Å². The number of carbonyl (C=O) groups is 3. The Bertz CT molecular complexity index is 691. The number of fused-ring (bicyclic) bond motifs is 2. The lowest BCUT2D eigenvalue weighted by molar-refractivity contribution is -0.357. The Kier molecular flexibility index (Phi) is 3.03. The van der Waals surface area contributed by atoms with E-state index in [2.05, 4.69) is 4.74 Å². The lowest BCUT2D eigenvalue weighted by atomic mass is 9.42. The number of rotatable bonds is 1. The third-order valence-electron chi connectivity index (χ3n) is 7.17. The summed E-state index contributed by atoms with van der Waals surface area (Å²) in [6, 6.07) is 0. The minimum absolute atomic E-state index is 0.0274. The molecule has 2 spiro atoms. The minimum Gasteiger partial charge on any atom is -0.467 e. The standard InChI is InChI=1S/C16H20O9/c1-7-3-4-15(21)13(7)5-8(25-10(18)9(13)17)16(22,12(20)23-2)14(15)6-24-11(14)19/h7-9,17,21-22H,3-6H2,1-2H3/t7-,8-,9+,13+,14-,15-,16-/m1/s1. The van der Waals surface area contributed by atoms with Gasteiger partial charge >= 0.3 is 17.9 Å². The Hall–Kier alpha value is -1.71. The number of cyclic esters (lactones) is 1. The molecule has 4 rings (SSSR count). The summed E-state index contributed by atoms with van der Waals surface area (Å²) >= 11 is 0. The number of hydrogen-bond acceptors (Lipinski definition) is 9.